The first-order valence-electron chi connectivity index (χ1n) is 11.8. The minimum atomic E-state index is -0.666. The quantitative estimate of drug-likeness (QED) is 0.509. The van der Waals surface area contributed by atoms with E-state index in [1.54, 1.807) is 6.08 Å². The molecule has 8 heteroatoms. The zero-order valence-corrected chi connectivity index (χ0v) is 21.0. The summed E-state index contributed by atoms with van der Waals surface area (Å²) in [5, 5.41) is 20.1. The summed E-state index contributed by atoms with van der Waals surface area (Å²) < 4.78 is 13.4. The Bertz CT molecular complexity index is 1550. The number of rotatable bonds is 8. The second-order valence-electron chi connectivity index (χ2n) is 8.26. The van der Waals surface area contributed by atoms with Crippen molar-refractivity contribution in [3.63, 3.8) is 0 Å². The maximum absolute atomic E-state index is 13.3. The Morgan fingerprint density at radius 3 is 2.03 bits per heavy atom. The van der Waals surface area contributed by atoms with Crippen LogP contribution in [0.25, 0.3) is 17.5 Å². The van der Waals surface area contributed by atoms with Crippen molar-refractivity contribution in [2.75, 3.05) is 13.2 Å². The standard InChI is InChI=1S/C28H26N4O3S/c1-3-13-34-20-9-5-18(6-10-20)15-24-27(33)32-26(31)22(16-29)25(23(17-30)28(32)36-24)19-7-11-21(12-8-19)35-14-4-2/h5-12,15,25H,3-4,13-14,31H2,1-2H3. The molecule has 1 aromatic heterocycles. The second kappa shape index (κ2) is 11.0. The summed E-state index contributed by atoms with van der Waals surface area (Å²) in [4.78, 5) is 13.3. The molecule has 0 saturated heterocycles. The van der Waals surface area contributed by atoms with E-state index in [1.165, 1.54) is 15.9 Å². The summed E-state index contributed by atoms with van der Waals surface area (Å²) in [6.07, 6.45) is 3.56. The molecule has 2 heterocycles. The number of nitrogens with zero attached hydrogens (tertiary/aromatic N) is 3. The van der Waals surface area contributed by atoms with Gasteiger partial charge in [0.2, 0.25) is 0 Å². The minimum absolute atomic E-state index is 0.0482. The Kier molecular flexibility index (Phi) is 7.58. The third-order valence-electron chi connectivity index (χ3n) is 5.73. The molecule has 1 atom stereocenters. The zero-order valence-electron chi connectivity index (χ0n) is 20.2. The van der Waals surface area contributed by atoms with Crippen LogP contribution in [0.2, 0.25) is 0 Å². The van der Waals surface area contributed by atoms with Crippen molar-refractivity contribution in [2.45, 2.75) is 32.6 Å². The lowest BCUT2D eigenvalue weighted by molar-refractivity contribution is 0.317. The van der Waals surface area contributed by atoms with Crippen LogP contribution in [-0.2, 0) is 0 Å². The van der Waals surface area contributed by atoms with E-state index >= 15 is 0 Å². The van der Waals surface area contributed by atoms with Crippen LogP contribution in [0.3, 0.4) is 0 Å². The second-order valence-corrected chi connectivity index (χ2v) is 9.29. The molecular weight excluding hydrogens is 472 g/mol. The molecule has 0 radical (unpaired) electrons. The number of thiazole rings is 1. The van der Waals surface area contributed by atoms with Crippen LogP contribution in [0, 0.1) is 22.7 Å². The van der Waals surface area contributed by atoms with Crippen molar-refractivity contribution < 1.29 is 9.47 Å². The van der Waals surface area contributed by atoms with Gasteiger partial charge in [-0.05, 0) is 54.3 Å². The molecule has 182 valence electrons. The van der Waals surface area contributed by atoms with E-state index in [1.807, 2.05) is 62.4 Å². The maximum Gasteiger partial charge on any atom is 0.274 e. The molecular formula is C28H26N4O3S. The van der Waals surface area contributed by atoms with Crippen LogP contribution in [0.4, 0.5) is 0 Å². The normalized spacial score (nSPS) is 15.3. The van der Waals surface area contributed by atoms with Gasteiger partial charge in [-0.2, -0.15) is 10.5 Å². The summed E-state index contributed by atoms with van der Waals surface area (Å²) in [6.45, 7) is 5.31. The van der Waals surface area contributed by atoms with E-state index in [2.05, 4.69) is 12.1 Å². The number of aromatic nitrogens is 1. The van der Waals surface area contributed by atoms with Crippen LogP contribution >= 0.6 is 11.3 Å². The fourth-order valence-electron chi connectivity index (χ4n) is 3.99. The van der Waals surface area contributed by atoms with Crippen LogP contribution in [0.1, 0.15) is 43.7 Å². The van der Waals surface area contributed by atoms with Crippen molar-refractivity contribution in [2.24, 2.45) is 5.73 Å². The van der Waals surface area contributed by atoms with Crippen molar-refractivity contribution in [3.8, 4) is 23.6 Å². The van der Waals surface area contributed by atoms with Gasteiger partial charge in [-0.15, -0.1) is 11.3 Å². The van der Waals surface area contributed by atoms with Crippen LogP contribution < -0.4 is 30.0 Å². The zero-order chi connectivity index (χ0) is 25.7. The van der Waals surface area contributed by atoms with E-state index in [-0.39, 0.29) is 17.0 Å². The number of nitrogens with two attached hydrogens (primary N) is 1. The molecule has 36 heavy (non-hydrogen) atoms. The van der Waals surface area contributed by atoms with E-state index in [9.17, 15) is 15.3 Å². The monoisotopic (exact) mass is 498 g/mol. The third-order valence-corrected chi connectivity index (χ3v) is 6.83. The topological polar surface area (TPSA) is 114 Å². The molecule has 0 fully saturated rings. The minimum Gasteiger partial charge on any atom is -0.494 e. The molecule has 0 aliphatic carbocycles. The van der Waals surface area contributed by atoms with Gasteiger partial charge >= 0.3 is 0 Å². The number of nitriles is 2. The number of ether oxygens (including phenoxy) is 2. The predicted octanol–water partition coefficient (Wildman–Crippen LogP) is 3.44. The number of fused-ring (bicyclic) bond motifs is 1. The van der Waals surface area contributed by atoms with Crippen molar-refractivity contribution in [1.29, 1.82) is 10.5 Å². The Hall–Kier alpha value is -4.27. The van der Waals surface area contributed by atoms with Gasteiger partial charge in [-0.3, -0.25) is 9.36 Å². The number of hydrogen-bond acceptors (Lipinski definition) is 7. The Balaban J connectivity index is 1.83. The summed E-state index contributed by atoms with van der Waals surface area (Å²) >= 11 is 1.19. The lowest BCUT2D eigenvalue weighted by Gasteiger charge is -2.22. The average Bonchev–Trinajstić information content (AvgIpc) is 3.23. The number of allylic oxidation sites excluding steroid dienone is 1. The van der Waals surface area contributed by atoms with Crippen LogP contribution in [0.5, 0.6) is 11.5 Å². The van der Waals surface area contributed by atoms with Gasteiger partial charge in [0, 0.05) is 0 Å². The molecule has 0 saturated carbocycles. The molecule has 2 N–H and O–H groups in total. The molecule has 1 aliphatic heterocycles. The van der Waals surface area contributed by atoms with Gasteiger partial charge < -0.3 is 15.2 Å². The smallest absolute Gasteiger partial charge is 0.274 e. The molecule has 3 aromatic rings. The van der Waals surface area contributed by atoms with E-state index in [4.69, 9.17) is 15.2 Å². The van der Waals surface area contributed by atoms with Crippen molar-refractivity contribution in [3.05, 3.63) is 84.8 Å². The first-order valence-corrected chi connectivity index (χ1v) is 12.6. The summed E-state index contributed by atoms with van der Waals surface area (Å²) in [6, 6.07) is 19.1. The summed E-state index contributed by atoms with van der Waals surface area (Å²) in [5.74, 6) is 0.852. The molecule has 7 nitrogen and oxygen atoms in total. The first-order chi connectivity index (χ1) is 17.5. The summed E-state index contributed by atoms with van der Waals surface area (Å²) in [7, 11) is 0. The highest BCUT2D eigenvalue weighted by atomic mass is 32.1. The lowest BCUT2D eigenvalue weighted by atomic mass is 9.84. The van der Waals surface area contributed by atoms with Gasteiger partial charge in [-0.1, -0.05) is 38.1 Å². The van der Waals surface area contributed by atoms with Crippen molar-refractivity contribution in [1.82, 2.24) is 4.57 Å². The van der Waals surface area contributed by atoms with E-state index < -0.39 is 5.92 Å². The van der Waals surface area contributed by atoms with Gasteiger partial charge in [-0.25, -0.2) is 0 Å². The first kappa shape index (κ1) is 24.8. The van der Waals surface area contributed by atoms with Gasteiger partial charge in [0.1, 0.15) is 22.0 Å². The summed E-state index contributed by atoms with van der Waals surface area (Å²) in [5.41, 5.74) is 8.04. The highest BCUT2D eigenvalue weighted by Gasteiger charge is 2.32. The fraction of sp³-hybridized carbons (Fsp3) is 0.250. The Labute approximate surface area is 213 Å². The lowest BCUT2D eigenvalue weighted by Crippen LogP contribution is -2.38. The molecule has 2 aromatic carbocycles. The van der Waals surface area contributed by atoms with Crippen molar-refractivity contribution >= 4 is 28.8 Å². The number of benzene rings is 2. The number of hydrogen-bond donors (Lipinski definition) is 1. The van der Waals surface area contributed by atoms with E-state index in [0.717, 1.165) is 29.7 Å². The molecule has 0 bridgehead atoms. The van der Waals surface area contributed by atoms with Gasteiger partial charge in [0.15, 0.2) is 0 Å². The van der Waals surface area contributed by atoms with E-state index in [0.29, 0.717) is 33.7 Å². The van der Waals surface area contributed by atoms with Gasteiger partial charge in [0.05, 0.1) is 46.9 Å². The highest BCUT2D eigenvalue weighted by molar-refractivity contribution is 7.07. The fourth-order valence-corrected chi connectivity index (χ4v) is 5.12. The molecule has 1 unspecified atom stereocenters. The SMILES string of the molecule is CCCOc1ccc(C=c2sc3n(c2=O)C(N)=C(C#N)C(c2ccc(OCCC)cc2)C=3C#N)cc1. The maximum atomic E-state index is 13.3. The molecule has 0 spiro atoms. The van der Waals surface area contributed by atoms with Crippen LogP contribution in [0.15, 0.2) is 58.9 Å². The molecule has 0 amide bonds. The predicted molar refractivity (Wildman–Crippen MR) is 141 cm³/mol. The largest absolute Gasteiger partial charge is 0.494 e. The Morgan fingerprint density at radius 2 is 1.50 bits per heavy atom. The third kappa shape index (κ3) is 4.77. The van der Waals surface area contributed by atoms with Gasteiger partial charge in [0.25, 0.3) is 5.56 Å². The van der Waals surface area contributed by atoms with Crippen LogP contribution in [-0.4, -0.2) is 17.8 Å². The average molecular weight is 499 g/mol. The highest BCUT2D eigenvalue weighted by Crippen LogP contribution is 2.36. The molecule has 1 aliphatic rings. The molecule has 4 rings (SSSR count). The Morgan fingerprint density at radius 1 is 0.944 bits per heavy atom.